The molecule has 3 aromatic rings. The molecule has 0 radical (unpaired) electrons. The Kier molecular flexibility index (Phi) is 4.90. The van der Waals surface area contributed by atoms with E-state index in [-0.39, 0.29) is 34.3 Å². The van der Waals surface area contributed by atoms with Crippen molar-refractivity contribution in [2.45, 2.75) is 38.9 Å². The Balaban J connectivity index is 1.85. The zero-order valence-electron chi connectivity index (χ0n) is 17.6. The van der Waals surface area contributed by atoms with Crippen LogP contribution in [0.3, 0.4) is 0 Å². The van der Waals surface area contributed by atoms with Crippen LogP contribution in [0.15, 0.2) is 58.0 Å². The van der Waals surface area contributed by atoms with Crippen molar-refractivity contribution < 1.29 is 24.5 Å². The lowest BCUT2D eigenvalue weighted by Crippen LogP contribution is -2.27. The number of fused-ring (bicyclic) bond motifs is 2. The molecule has 0 unspecified atom stereocenters. The van der Waals surface area contributed by atoms with Gasteiger partial charge >= 0.3 is 0 Å². The third kappa shape index (κ3) is 3.70. The maximum absolute atomic E-state index is 13.3. The van der Waals surface area contributed by atoms with E-state index >= 15 is 0 Å². The van der Waals surface area contributed by atoms with Crippen LogP contribution in [0.2, 0.25) is 0 Å². The van der Waals surface area contributed by atoms with Gasteiger partial charge in [0.15, 0.2) is 0 Å². The van der Waals surface area contributed by atoms with E-state index in [9.17, 15) is 20.1 Å². The molecule has 0 spiro atoms. The van der Waals surface area contributed by atoms with Crippen LogP contribution in [0.4, 0.5) is 0 Å². The molecule has 0 saturated carbocycles. The van der Waals surface area contributed by atoms with Gasteiger partial charge in [0.1, 0.15) is 40.1 Å². The summed E-state index contributed by atoms with van der Waals surface area (Å²) in [6.07, 6.45) is 4.14. The number of rotatable bonds is 4. The van der Waals surface area contributed by atoms with Crippen LogP contribution in [0.25, 0.3) is 28.2 Å². The Hall–Kier alpha value is -3.51. The van der Waals surface area contributed by atoms with Crippen molar-refractivity contribution in [2.75, 3.05) is 0 Å². The lowest BCUT2D eigenvalue weighted by atomic mass is 9.96. The summed E-state index contributed by atoms with van der Waals surface area (Å²) in [5.41, 5.74) is 1.46. The largest absolute Gasteiger partial charge is 0.507 e. The third-order valence-electron chi connectivity index (χ3n) is 5.45. The number of hydrogen-bond acceptors (Lipinski definition) is 6. The van der Waals surface area contributed by atoms with Gasteiger partial charge in [-0.2, -0.15) is 0 Å². The number of aromatic hydroxyl groups is 2. The third-order valence-corrected chi connectivity index (χ3v) is 5.45. The van der Waals surface area contributed by atoms with Gasteiger partial charge in [0.25, 0.3) is 0 Å². The Labute approximate surface area is 179 Å². The van der Waals surface area contributed by atoms with Crippen LogP contribution in [0, 0.1) is 0 Å². The summed E-state index contributed by atoms with van der Waals surface area (Å²) in [4.78, 5) is 13.3. The minimum absolute atomic E-state index is 0.0511. The number of aliphatic hydroxyl groups is 1. The van der Waals surface area contributed by atoms with Crippen LogP contribution >= 0.6 is 0 Å². The van der Waals surface area contributed by atoms with Crippen LogP contribution < -0.4 is 10.2 Å². The normalized spacial score (nSPS) is 15.4. The summed E-state index contributed by atoms with van der Waals surface area (Å²) in [5, 5.41) is 31.1. The molecule has 3 N–H and O–H groups in total. The Bertz CT molecular complexity index is 1300. The average Bonchev–Trinajstić information content (AvgIpc) is 2.70. The fourth-order valence-corrected chi connectivity index (χ4v) is 3.61. The van der Waals surface area contributed by atoms with Gasteiger partial charge in [-0.3, -0.25) is 4.79 Å². The molecule has 1 aliphatic rings. The molecule has 2 heterocycles. The molecule has 0 saturated heterocycles. The Morgan fingerprint density at radius 1 is 1.23 bits per heavy atom. The molecule has 0 fully saturated rings. The smallest absolute Gasteiger partial charge is 0.204 e. The van der Waals surface area contributed by atoms with E-state index in [1.54, 1.807) is 19.1 Å². The Morgan fingerprint density at radius 3 is 2.68 bits per heavy atom. The van der Waals surface area contributed by atoms with Crippen LogP contribution in [0.1, 0.15) is 31.9 Å². The molecule has 31 heavy (non-hydrogen) atoms. The number of benzene rings is 2. The lowest BCUT2D eigenvalue weighted by molar-refractivity contribution is 0.159. The van der Waals surface area contributed by atoms with Gasteiger partial charge < -0.3 is 24.5 Å². The van der Waals surface area contributed by atoms with Gasteiger partial charge in [-0.25, -0.2) is 0 Å². The molecule has 0 aliphatic carbocycles. The van der Waals surface area contributed by atoms with E-state index in [4.69, 9.17) is 9.15 Å². The predicted molar refractivity (Wildman–Crippen MR) is 120 cm³/mol. The summed E-state index contributed by atoms with van der Waals surface area (Å²) < 4.78 is 11.5. The number of phenolic OH excluding ortho intramolecular Hbond substituents is 2. The minimum Gasteiger partial charge on any atom is -0.507 e. The predicted octanol–water partition coefficient (Wildman–Crippen LogP) is 4.53. The number of ether oxygens (including phenoxy) is 1. The first-order valence-corrected chi connectivity index (χ1v) is 9.93. The minimum atomic E-state index is -0.971. The van der Waals surface area contributed by atoms with E-state index in [0.717, 1.165) is 5.56 Å². The van der Waals surface area contributed by atoms with Gasteiger partial charge in [-0.15, -0.1) is 0 Å². The van der Waals surface area contributed by atoms with E-state index in [0.29, 0.717) is 16.9 Å². The second-order valence-electron chi connectivity index (χ2n) is 8.43. The summed E-state index contributed by atoms with van der Waals surface area (Å²) in [6.45, 7) is 9.23. The average molecular weight is 420 g/mol. The summed E-state index contributed by atoms with van der Waals surface area (Å²) in [5.74, 6) is 0.0407. The molecule has 0 amide bonds. The molecule has 6 heteroatoms. The van der Waals surface area contributed by atoms with Crippen molar-refractivity contribution in [1.29, 1.82) is 0 Å². The summed E-state index contributed by atoms with van der Waals surface area (Å²) >= 11 is 0. The second kappa shape index (κ2) is 7.32. The standard InChI is InChI=1S/C25H24O6/c1-13(2)18(26)10-16-19(27)11-21-22(23(16)28)24(29)17(12-30-21)14-5-6-20-15(9-14)7-8-25(3,4)31-20/h5-9,11-12,18,26-28H,1,10H2,2-4H3/t18-/m1/s1. The molecule has 0 bridgehead atoms. The zero-order valence-corrected chi connectivity index (χ0v) is 17.6. The van der Waals surface area contributed by atoms with E-state index in [1.165, 1.54) is 12.3 Å². The highest BCUT2D eigenvalue weighted by atomic mass is 16.5. The number of aliphatic hydroxyl groups excluding tert-OH is 1. The molecule has 4 rings (SSSR count). The van der Waals surface area contributed by atoms with Crippen molar-refractivity contribution in [3.63, 3.8) is 0 Å². The fourth-order valence-electron chi connectivity index (χ4n) is 3.61. The van der Waals surface area contributed by atoms with Gasteiger partial charge in [0.05, 0.1) is 11.7 Å². The zero-order chi connectivity index (χ0) is 22.5. The monoisotopic (exact) mass is 420 g/mol. The molecular weight excluding hydrogens is 396 g/mol. The number of hydrogen-bond donors (Lipinski definition) is 3. The maximum atomic E-state index is 13.3. The van der Waals surface area contributed by atoms with Gasteiger partial charge in [0, 0.05) is 23.6 Å². The molecule has 6 nitrogen and oxygen atoms in total. The van der Waals surface area contributed by atoms with Crippen molar-refractivity contribution in [3.05, 3.63) is 70.1 Å². The second-order valence-corrected chi connectivity index (χ2v) is 8.43. The van der Waals surface area contributed by atoms with Crippen molar-refractivity contribution >= 4 is 17.0 Å². The van der Waals surface area contributed by atoms with Crippen LogP contribution in [0.5, 0.6) is 17.2 Å². The van der Waals surface area contributed by atoms with E-state index in [1.807, 2.05) is 32.1 Å². The summed E-state index contributed by atoms with van der Waals surface area (Å²) in [6, 6.07) is 6.65. The first-order valence-electron chi connectivity index (χ1n) is 9.93. The topological polar surface area (TPSA) is 100 Å². The van der Waals surface area contributed by atoms with E-state index in [2.05, 4.69) is 6.58 Å². The van der Waals surface area contributed by atoms with Crippen molar-refractivity contribution in [2.24, 2.45) is 0 Å². The van der Waals surface area contributed by atoms with Gasteiger partial charge in [-0.1, -0.05) is 24.3 Å². The first kappa shape index (κ1) is 20.8. The fraction of sp³-hybridized carbons (Fsp3) is 0.240. The first-order chi connectivity index (χ1) is 14.6. The highest BCUT2D eigenvalue weighted by Gasteiger charge is 2.24. The van der Waals surface area contributed by atoms with Crippen molar-refractivity contribution in [1.82, 2.24) is 0 Å². The van der Waals surface area contributed by atoms with Crippen LogP contribution in [-0.2, 0) is 6.42 Å². The molecule has 160 valence electrons. The molecule has 1 aliphatic heterocycles. The number of phenols is 2. The SMILES string of the molecule is C=C(C)[C@H](O)Cc1c(O)cc2occ(-c3ccc4c(c3)C=CC(C)(C)O4)c(=O)c2c1O. The van der Waals surface area contributed by atoms with E-state index < -0.39 is 22.9 Å². The highest BCUT2D eigenvalue weighted by molar-refractivity contribution is 5.90. The molecule has 1 atom stereocenters. The lowest BCUT2D eigenvalue weighted by Gasteiger charge is -2.28. The van der Waals surface area contributed by atoms with Crippen molar-refractivity contribution in [3.8, 4) is 28.4 Å². The highest BCUT2D eigenvalue weighted by Crippen LogP contribution is 2.37. The molecular formula is C25H24O6. The van der Waals surface area contributed by atoms with Crippen LogP contribution in [-0.4, -0.2) is 27.0 Å². The molecule has 2 aromatic carbocycles. The maximum Gasteiger partial charge on any atom is 0.204 e. The van der Waals surface area contributed by atoms with Gasteiger partial charge in [-0.05, 0) is 44.5 Å². The summed E-state index contributed by atoms with van der Waals surface area (Å²) in [7, 11) is 0. The Morgan fingerprint density at radius 2 is 1.97 bits per heavy atom. The quantitative estimate of drug-likeness (QED) is 0.536. The molecule has 1 aromatic heterocycles. The van der Waals surface area contributed by atoms with Gasteiger partial charge in [0.2, 0.25) is 5.43 Å².